The quantitative estimate of drug-likeness (QED) is 0.129. The Morgan fingerprint density at radius 2 is 2.00 bits per heavy atom. The van der Waals surface area contributed by atoms with Gasteiger partial charge in [0, 0.05) is 18.8 Å². The van der Waals surface area contributed by atoms with E-state index in [1.165, 1.54) is 7.11 Å². The van der Waals surface area contributed by atoms with Crippen molar-refractivity contribution >= 4 is 46.5 Å². The van der Waals surface area contributed by atoms with Crippen LogP contribution in [0, 0.1) is 10.1 Å². The fourth-order valence-electron chi connectivity index (χ4n) is 2.85. The molecule has 1 amide bonds. The third-order valence-electron chi connectivity index (χ3n) is 4.46. The fraction of sp³-hybridized carbons (Fsp3) is 0.300. The number of hydrogen-bond acceptors (Lipinski definition) is 12. The maximum absolute atomic E-state index is 11.6. The number of hydrogen-bond donors (Lipinski definition) is 4. The number of methoxy groups -OCH3 is 1. The Bertz CT molecular complexity index is 1070. The summed E-state index contributed by atoms with van der Waals surface area (Å²) in [5, 5.41) is 29.2. The van der Waals surface area contributed by atoms with Crippen LogP contribution in [0.25, 0.3) is 0 Å². The van der Waals surface area contributed by atoms with Crippen molar-refractivity contribution in [3.05, 3.63) is 46.0 Å². The number of anilines is 4. The van der Waals surface area contributed by atoms with Crippen molar-refractivity contribution in [1.29, 1.82) is 0 Å². The van der Waals surface area contributed by atoms with Crippen molar-refractivity contribution in [3.8, 4) is 0 Å². The number of rotatable bonds is 10. The fourth-order valence-corrected chi connectivity index (χ4v) is 2.85. The lowest BCUT2D eigenvalue weighted by molar-refractivity contribution is -0.383. The van der Waals surface area contributed by atoms with Gasteiger partial charge in [0.2, 0.25) is 5.82 Å². The Balaban J connectivity index is 2.14. The number of esters is 1. The van der Waals surface area contributed by atoms with Crippen LogP contribution in [-0.2, 0) is 9.47 Å². The molecule has 0 spiro atoms. The van der Waals surface area contributed by atoms with E-state index in [1.807, 2.05) is 0 Å². The summed E-state index contributed by atoms with van der Waals surface area (Å²) in [6, 6.07) is 7.68. The van der Waals surface area contributed by atoms with E-state index < -0.39 is 22.7 Å². The molecule has 0 aliphatic carbocycles. The van der Waals surface area contributed by atoms with Crippen LogP contribution in [0.15, 0.2) is 35.5 Å². The average molecular weight is 475 g/mol. The summed E-state index contributed by atoms with van der Waals surface area (Å²) in [4.78, 5) is 39.7. The zero-order valence-electron chi connectivity index (χ0n) is 18.8. The first-order chi connectivity index (χ1) is 16.2. The smallest absolute Gasteiger partial charge is 0.412 e. The number of ether oxygens (including phenoxy) is 2. The molecular weight excluding hydrogens is 450 g/mol. The van der Waals surface area contributed by atoms with Crippen LogP contribution in [0.4, 0.5) is 33.5 Å². The van der Waals surface area contributed by atoms with Gasteiger partial charge in [0.05, 0.1) is 43.0 Å². The van der Waals surface area contributed by atoms with E-state index in [-0.39, 0.29) is 42.7 Å². The zero-order valence-corrected chi connectivity index (χ0v) is 18.8. The van der Waals surface area contributed by atoms with E-state index in [9.17, 15) is 24.9 Å². The molecule has 1 heterocycles. The number of amides is 1. The maximum Gasteiger partial charge on any atom is 0.412 e. The highest BCUT2D eigenvalue weighted by atomic mass is 16.6. The second-order valence-electron chi connectivity index (χ2n) is 6.81. The molecule has 0 saturated carbocycles. The molecule has 34 heavy (non-hydrogen) atoms. The molecule has 182 valence electrons. The summed E-state index contributed by atoms with van der Waals surface area (Å²) in [5.41, 5.74) is 6.34. The molecule has 14 heteroatoms. The zero-order chi connectivity index (χ0) is 25.3. The molecule has 0 unspecified atom stereocenters. The highest BCUT2D eigenvalue weighted by Crippen LogP contribution is 2.31. The molecule has 0 bridgehead atoms. The Morgan fingerprint density at radius 1 is 1.32 bits per heavy atom. The van der Waals surface area contributed by atoms with Gasteiger partial charge in [-0.3, -0.25) is 15.4 Å². The number of nitrogens with one attached hydrogen (secondary N) is 2. The predicted octanol–water partition coefficient (Wildman–Crippen LogP) is 2.31. The average Bonchev–Trinajstić information content (AvgIpc) is 2.80. The predicted molar refractivity (Wildman–Crippen MR) is 125 cm³/mol. The highest BCUT2D eigenvalue weighted by molar-refractivity contribution is 5.93. The van der Waals surface area contributed by atoms with Crippen LogP contribution in [0.2, 0.25) is 0 Å². The first kappa shape index (κ1) is 25.6. The van der Waals surface area contributed by atoms with Crippen LogP contribution in [0.1, 0.15) is 17.3 Å². The largest absolute Gasteiger partial charge is 0.465 e. The number of carbonyl (C=O) groups excluding carboxylic acids is 2. The number of nitrogen functional groups attached to an aromatic ring is 1. The highest BCUT2D eigenvalue weighted by Gasteiger charge is 2.23. The first-order valence-electron chi connectivity index (χ1n) is 9.92. The van der Waals surface area contributed by atoms with Crippen LogP contribution in [-0.4, -0.2) is 66.7 Å². The summed E-state index contributed by atoms with van der Waals surface area (Å²) in [6.45, 7) is 1.74. The van der Waals surface area contributed by atoms with Crippen molar-refractivity contribution in [2.24, 2.45) is 5.16 Å². The van der Waals surface area contributed by atoms with Gasteiger partial charge in [-0.15, -0.1) is 0 Å². The number of benzene rings is 1. The Hall–Kier alpha value is -4.62. The van der Waals surface area contributed by atoms with E-state index in [1.54, 1.807) is 43.1 Å². The van der Waals surface area contributed by atoms with Crippen molar-refractivity contribution in [3.63, 3.8) is 0 Å². The molecule has 0 atom stereocenters. The monoisotopic (exact) mass is 475 g/mol. The summed E-state index contributed by atoms with van der Waals surface area (Å²) in [5.74, 6) is -0.763. The summed E-state index contributed by atoms with van der Waals surface area (Å²) >= 11 is 0. The van der Waals surface area contributed by atoms with Gasteiger partial charge in [-0.25, -0.2) is 14.6 Å². The molecular formula is C20H25N7O7. The topological polar surface area (TPSA) is 195 Å². The minimum Gasteiger partial charge on any atom is -0.465 e. The lowest BCUT2D eigenvalue weighted by Crippen LogP contribution is -2.30. The molecule has 0 aliphatic heterocycles. The Kier molecular flexibility index (Phi) is 8.93. The van der Waals surface area contributed by atoms with Crippen LogP contribution < -0.4 is 21.3 Å². The van der Waals surface area contributed by atoms with E-state index >= 15 is 0 Å². The number of pyridine rings is 1. The molecule has 1 aromatic heterocycles. The van der Waals surface area contributed by atoms with E-state index in [2.05, 4.69) is 25.5 Å². The van der Waals surface area contributed by atoms with Gasteiger partial charge in [-0.1, -0.05) is 5.16 Å². The lowest BCUT2D eigenvalue weighted by atomic mass is 10.2. The van der Waals surface area contributed by atoms with Crippen LogP contribution >= 0.6 is 0 Å². The molecule has 0 aliphatic rings. The van der Waals surface area contributed by atoms with Crippen LogP contribution in [0.5, 0.6) is 0 Å². The molecule has 0 radical (unpaired) electrons. The van der Waals surface area contributed by atoms with Gasteiger partial charge >= 0.3 is 17.7 Å². The normalized spacial score (nSPS) is 10.9. The second-order valence-corrected chi connectivity index (χ2v) is 6.81. The van der Waals surface area contributed by atoms with Gasteiger partial charge in [-0.05, 0) is 31.2 Å². The standard InChI is InChI=1S/C20H25N7O7/c1-4-34-20(29)24-16-9-15(21)17(27(31)32)18(23-16)22-10-13(25-30)11-26(2)14-7-5-12(6-8-14)19(28)33-3/h5-9,30H,4,10-11H2,1-3H3,(H4,21,22,23,24,29)/b25-13+. The number of carbonyl (C=O) groups is 2. The number of aromatic nitrogens is 1. The number of nitro groups is 1. The minimum absolute atomic E-state index is 0.0608. The first-order valence-corrected chi connectivity index (χ1v) is 9.92. The van der Waals surface area contributed by atoms with Crippen molar-refractivity contribution in [1.82, 2.24) is 4.98 Å². The summed E-state index contributed by atoms with van der Waals surface area (Å²) in [6.07, 6.45) is -0.799. The van der Waals surface area contributed by atoms with Crippen LogP contribution in [0.3, 0.4) is 0 Å². The molecule has 2 rings (SSSR count). The minimum atomic E-state index is -0.799. The number of nitrogens with two attached hydrogens (primary N) is 1. The molecule has 5 N–H and O–H groups in total. The maximum atomic E-state index is 11.6. The number of oxime groups is 1. The molecule has 14 nitrogen and oxygen atoms in total. The van der Waals surface area contributed by atoms with Gasteiger partial charge in [-0.2, -0.15) is 0 Å². The number of nitrogens with zero attached hydrogens (tertiary/aromatic N) is 4. The molecule has 0 fully saturated rings. The Labute approximate surface area is 194 Å². The SMILES string of the molecule is CCOC(=O)Nc1cc(N)c([N+](=O)[O-])c(NC/C(CN(C)c2ccc(C(=O)OC)cc2)=N\O)n1. The Morgan fingerprint density at radius 3 is 2.56 bits per heavy atom. The van der Waals surface area contributed by atoms with Crippen molar-refractivity contribution in [2.75, 3.05) is 55.1 Å². The molecule has 1 aromatic carbocycles. The third kappa shape index (κ3) is 6.69. The van der Waals surface area contributed by atoms with Crippen molar-refractivity contribution in [2.45, 2.75) is 6.92 Å². The molecule has 2 aromatic rings. The van der Waals surface area contributed by atoms with E-state index in [0.717, 1.165) is 6.07 Å². The summed E-state index contributed by atoms with van der Waals surface area (Å²) < 4.78 is 9.43. The van der Waals surface area contributed by atoms with Gasteiger partial charge < -0.3 is 30.6 Å². The molecule has 0 saturated heterocycles. The van der Waals surface area contributed by atoms with Crippen molar-refractivity contribution < 1.29 is 29.2 Å². The van der Waals surface area contributed by atoms with E-state index in [0.29, 0.717) is 11.3 Å². The van der Waals surface area contributed by atoms with Gasteiger partial charge in [0.25, 0.3) is 0 Å². The summed E-state index contributed by atoms with van der Waals surface area (Å²) in [7, 11) is 3.01. The third-order valence-corrected chi connectivity index (χ3v) is 4.46. The van der Waals surface area contributed by atoms with Gasteiger partial charge in [0.1, 0.15) is 11.5 Å². The van der Waals surface area contributed by atoms with Gasteiger partial charge in [0.15, 0.2) is 0 Å². The lowest BCUT2D eigenvalue weighted by Gasteiger charge is -2.20. The second kappa shape index (κ2) is 11.8. The van der Waals surface area contributed by atoms with E-state index in [4.69, 9.17) is 10.5 Å².